The summed E-state index contributed by atoms with van der Waals surface area (Å²) in [6, 6.07) is 9.52. The van der Waals surface area contributed by atoms with Gasteiger partial charge in [0.05, 0.1) is 23.7 Å². The molecule has 5 nitrogen and oxygen atoms in total. The molecule has 0 saturated carbocycles. The highest BCUT2D eigenvalue weighted by molar-refractivity contribution is 7.99. The summed E-state index contributed by atoms with van der Waals surface area (Å²) in [7, 11) is 0. The number of nitrogens with zero attached hydrogens (tertiary/aromatic N) is 1. The lowest BCUT2D eigenvalue weighted by atomic mass is 10.0. The topological polar surface area (TPSA) is 72.6 Å². The standard InChI is InChI=1S/C24H28ClNO4S/c1-3-6-18-21(10-9-17-20(7-4-2)26-30-24(17)18)29-12-5-13-31-22-11-8-16(14-19(22)25)15-23(27)28/h8-11,14H,3-7,12-13,15H2,1-2H3,(H,27,28). The average molecular weight is 462 g/mol. The maximum atomic E-state index is 10.8. The van der Waals surface area contributed by atoms with Gasteiger partial charge in [-0.15, -0.1) is 11.8 Å². The predicted molar refractivity (Wildman–Crippen MR) is 126 cm³/mol. The number of halogens is 1. The van der Waals surface area contributed by atoms with Gasteiger partial charge in [-0.2, -0.15) is 0 Å². The quantitative estimate of drug-likeness (QED) is 0.243. The zero-order valence-corrected chi connectivity index (χ0v) is 19.5. The molecule has 3 rings (SSSR count). The molecule has 0 amide bonds. The van der Waals surface area contributed by atoms with Gasteiger partial charge >= 0.3 is 5.97 Å². The van der Waals surface area contributed by atoms with Crippen molar-refractivity contribution in [1.29, 1.82) is 0 Å². The third kappa shape index (κ3) is 6.17. The monoisotopic (exact) mass is 461 g/mol. The summed E-state index contributed by atoms with van der Waals surface area (Å²) in [6.07, 6.45) is 4.68. The van der Waals surface area contributed by atoms with Gasteiger partial charge in [0.1, 0.15) is 5.75 Å². The van der Waals surface area contributed by atoms with Crippen LogP contribution in [0.2, 0.25) is 5.02 Å². The summed E-state index contributed by atoms with van der Waals surface area (Å²) in [5.74, 6) is 0.863. The number of aliphatic carboxylic acids is 1. The Morgan fingerprint density at radius 1 is 1.19 bits per heavy atom. The molecule has 1 N–H and O–H groups in total. The molecule has 0 atom stereocenters. The molecule has 0 bridgehead atoms. The third-order valence-corrected chi connectivity index (χ3v) is 6.50. The van der Waals surface area contributed by atoms with Crippen molar-refractivity contribution in [3.63, 3.8) is 0 Å². The van der Waals surface area contributed by atoms with Crippen LogP contribution in [0.5, 0.6) is 5.75 Å². The van der Waals surface area contributed by atoms with E-state index in [0.717, 1.165) is 70.7 Å². The number of thioether (sulfide) groups is 1. The lowest BCUT2D eigenvalue weighted by Gasteiger charge is -2.12. The second kappa shape index (κ2) is 11.4. The van der Waals surface area contributed by atoms with Gasteiger partial charge in [0.25, 0.3) is 0 Å². The molecule has 2 aromatic carbocycles. The summed E-state index contributed by atoms with van der Waals surface area (Å²) in [4.78, 5) is 11.8. The fraction of sp³-hybridized carbons (Fsp3) is 0.417. The van der Waals surface area contributed by atoms with Crippen molar-refractivity contribution in [2.75, 3.05) is 12.4 Å². The summed E-state index contributed by atoms with van der Waals surface area (Å²) >= 11 is 7.94. The largest absolute Gasteiger partial charge is 0.493 e. The highest BCUT2D eigenvalue weighted by Gasteiger charge is 2.16. The molecule has 0 saturated heterocycles. The van der Waals surface area contributed by atoms with Crippen LogP contribution in [0.4, 0.5) is 0 Å². The summed E-state index contributed by atoms with van der Waals surface area (Å²) < 4.78 is 11.8. The summed E-state index contributed by atoms with van der Waals surface area (Å²) in [5.41, 5.74) is 3.67. The van der Waals surface area contributed by atoms with E-state index in [1.807, 2.05) is 18.2 Å². The molecule has 1 heterocycles. The van der Waals surface area contributed by atoms with E-state index in [2.05, 4.69) is 25.1 Å². The number of carbonyl (C=O) groups is 1. The van der Waals surface area contributed by atoms with E-state index in [9.17, 15) is 4.79 Å². The van der Waals surface area contributed by atoms with Crippen LogP contribution in [0.15, 0.2) is 39.8 Å². The molecule has 0 radical (unpaired) electrons. The van der Waals surface area contributed by atoms with Crippen LogP contribution < -0.4 is 4.74 Å². The van der Waals surface area contributed by atoms with Crippen molar-refractivity contribution in [3.8, 4) is 5.75 Å². The maximum Gasteiger partial charge on any atom is 0.307 e. The lowest BCUT2D eigenvalue weighted by molar-refractivity contribution is -0.136. The van der Waals surface area contributed by atoms with E-state index < -0.39 is 5.97 Å². The van der Waals surface area contributed by atoms with E-state index in [1.54, 1.807) is 17.8 Å². The van der Waals surface area contributed by atoms with Crippen LogP contribution in [0.1, 0.15) is 49.9 Å². The second-order valence-corrected chi connectivity index (χ2v) is 8.98. The van der Waals surface area contributed by atoms with Crippen LogP contribution in [-0.2, 0) is 24.1 Å². The van der Waals surface area contributed by atoms with Crippen molar-refractivity contribution in [1.82, 2.24) is 5.16 Å². The van der Waals surface area contributed by atoms with Crippen LogP contribution in [-0.4, -0.2) is 28.6 Å². The average Bonchev–Trinajstić information content (AvgIpc) is 3.13. The number of benzene rings is 2. The Hall–Kier alpha value is -2.18. The molecule has 0 aliphatic heterocycles. The third-order valence-electron chi connectivity index (χ3n) is 4.92. The molecule has 0 fully saturated rings. The van der Waals surface area contributed by atoms with Crippen LogP contribution >= 0.6 is 23.4 Å². The van der Waals surface area contributed by atoms with E-state index in [4.69, 9.17) is 26.0 Å². The first-order valence-electron chi connectivity index (χ1n) is 10.7. The molecule has 0 aliphatic rings. The Morgan fingerprint density at radius 3 is 2.71 bits per heavy atom. The molecular formula is C24H28ClNO4S. The normalized spacial score (nSPS) is 11.2. The van der Waals surface area contributed by atoms with Crippen molar-refractivity contribution in [2.45, 2.75) is 57.3 Å². The number of rotatable bonds is 12. The second-order valence-electron chi connectivity index (χ2n) is 7.43. The van der Waals surface area contributed by atoms with Gasteiger partial charge in [-0.1, -0.05) is 49.5 Å². The van der Waals surface area contributed by atoms with E-state index >= 15 is 0 Å². The van der Waals surface area contributed by atoms with Crippen molar-refractivity contribution >= 4 is 40.3 Å². The van der Waals surface area contributed by atoms with E-state index in [0.29, 0.717) is 17.2 Å². The minimum Gasteiger partial charge on any atom is -0.493 e. The first kappa shape index (κ1) is 23.5. The highest BCUT2D eigenvalue weighted by atomic mass is 35.5. The zero-order chi connectivity index (χ0) is 22.2. The molecule has 0 aliphatic carbocycles. The number of carboxylic acid groups (broad SMARTS) is 1. The van der Waals surface area contributed by atoms with E-state index in [1.165, 1.54) is 0 Å². The molecule has 0 spiro atoms. The van der Waals surface area contributed by atoms with Crippen molar-refractivity contribution in [2.24, 2.45) is 0 Å². The zero-order valence-electron chi connectivity index (χ0n) is 17.9. The smallest absolute Gasteiger partial charge is 0.307 e. The maximum absolute atomic E-state index is 10.8. The number of aryl methyl sites for hydroxylation is 2. The Labute approximate surface area is 192 Å². The predicted octanol–water partition coefficient (Wildman–Crippen LogP) is 6.57. The summed E-state index contributed by atoms with van der Waals surface area (Å²) in [6.45, 7) is 4.88. The minimum absolute atomic E-state index is 0.0198. The van der Waals surface area contributed by atoms with Gasteiger partial charge in [-0.05, 0) is 49.1 Å². The molecule has 166 valence electrons. The number of fused-ring (bicyclic) bond motifs is 1. The van der Waals surface area contributed by atoms with Crippen molar-refractivity contribution < 1.29 is 19.2 Å². The first-order valence-corrected chi connectivity index (χ1v) is 12.1. The van der Waals surface area contributed by atoms with E-state index in [-0.39, 0.29) is 6.42 Å². The number of aromatic nitrogens is 1. The van der Waals surface area contributed by atoms with Gasteiger partial charge < -0.3 is 14.4 Å². The van der Waals surface area contributed by atoms with Crippen LogP contribution in [0.3, 0.4) is 0 Å². The Kier molecular flexibility index (Phi) is 8.67. The van der Waals surface area contributed by atoms with Gasteiger partial charge in [-0.3, -0.25) is 4.79 Å². The highest BCUT2D eigenvalue weighted by Crippen LogP contribution is 2.32. The Bertz CT molecular complexity index is 1030. The molecular weight excluding hydrogens is 434 g/mol. The fourth-order valence-corrected chi connectivity index (χ4v) is 4.71. The minimum atomic E-state index is -0.860. The van der Waals surface area contributed by atoms with Gasteiger partial charge in [0, 0.05) is 21.6 Å². The van der Waals surface area contributed by atoms with Crippen LogP contribution in [0, 0.1) is 0 Å². The Morgan fingerprint density at radius 2 is 2.00 bits per heavy atom. The number of hydrogen-bond acceptors (Lipinski definition) is 5. The molecule has 31 heavy (non-hydrogen) atoms. The first-order chi connectivity index (χ1) is 15.0. The number of hydrogen-bond donors (Lipinski definition) is 1. The molecule has 3 aromatic rings. The SMILES string of the molecule is CCCc1noc2c(CCC)c(OCCCSc3ccc(CC(=O)O)cc3Cl)ccc12. The molecule has 7 heteroatoms. The van der Waals surface area contributed by atoms with Gasteiger partial charge in [-0.25, -0.2) is 0 Å². The number of carboxylic acids is 1. The van der Waals surface area contributed by atoms with Gasteiger partial charge in [0.2, 0.25) is 0 Å². The summed E-state index contributed by atoms with van der Waals surface area (Å²) in [5, 5.41) is 14.8. The van der Waals surface area contributed by atoms with Crippen molar-refractivity contribution in [3.05, 3.63) is 52.2 Å². The fourth-order valence-electron chi connectivity index (χ4n) is 3.50. The molecule has 1 aromatic heterocycles. The Balaban J connectivity index is 1.57. The molecule has 0 unspecified atom stereocenters. The lowest BCUT2D eigenvalue weighted by Crippen LogP contribution is -2.02. The van der Waals surface area contributed by atoms with Crippen LogP contribution in [0.25, 0.3) is 11.0 Å². The number of ether oxygens (including phenoxy) is 1. The van der Waals surface area contributed by atoms with Gasteiger partial charge in [0.15, 0.2) is 5.58 Å².